The van der Waals surface area contributed by atoms with Gasteiger partial charge in [0.1, 0.15) is 18.8 Å². The number of carbonyl (C=O) groups is 5. The molecule has 13 heteroatoms. The molecule has 1 N–H and O–H groups in total. The van der Waals surface area contributed by atoms with Crippen LogP contribution in [0.2, 0.25) is 0 Å². The minimum Gasteiger partial charge on any atom is -0.463 e. The molecule has 176 valence electrons. The van der Waals surface area contributed by atoms with Crippen LogP contribution in [-0.4, -0.2) is 67.0 Å². The van der Waals surface area contributed by atoms with E-state index in [9.17, 15) is 24.0 Å². The first kappa shape index (κ1) is 25.3. The maximum Gasteiger partial charge on any atom is 0.376 e. The smallest absolute Gasteiger partial charge is 0.376 e. The van der Waals surface area contributed by atoms with Gasteiger partial charge in [-0.2, -0.15) is 0 Å². The Morgan fingerprint density at radius 3 is 2.06 bits per heavy atom. The molecule has 1 aromatic rings. The Morgan fingerprint density at radius 2 is 1.56 bits per heavy atom. The fraction of sp³-hybridized carbons (Fsp3) is 0.526. The fourth-order valence-electron chi connectivity index (χ4n) is 2.98. The number of hydrogen-bond donors (Lipinski definition) is 1. The molecule has 0 saturated carbocycles. The predicted molar refractivity (Wildman–Crippen MR) is 106 cm³/mol. The summed E-state index contributed by atoms with van der Waals surface area (Å²) in [5.41, 5.74) is 0. The van der Waals surface area contributed by atoms with Gasteiger partial charge in [0, 0.05) is 27.7 Å². The Morgan fingerprint density at radius 1 is 0.938 bits per heavy atom. The summed E-state index contributed by atoms with van der Waals surface area (Å²) < 4.78 is 32.0. The summed E-state index contributed by atoms with van der Waals surface area (Å²) in [5.74, 6) is -3.87. The molecule has 1 aliphatic rings. The van der Waals surface area contributed by atoms with Gasteiger partial charge in [-0.25, -0.2) is 4.79 Å². The summed E-state index contributed by atoms with van der Waals surface area (Å²) in [5, 5.41) is 2.48. The topological polar surface area (TPSA) is 157 Å². The van der Waals surface area contributed by atoms with Gasteiger partial charge in [0.25, 0.3) is 0 Å². The number of carbonyl (C=O) groups excluding carboxylic acids is 5. The van der Waals surface area contributed by atoms with Crippen LogP contribution in [0.15, 0.2) is 21.2 Å². The average molecular weight is 520 g/mol. The molecule has 0 unspecified atom stereocenters. The number of hydrogen-bond acceptors (Lipinski definition) is 11. The van der Waals surface area contributed by atoms with Crippen molar-refractivity contribution in [3.63, 3.8) is 0 Å². The molecular weight excluding hydrogens is 498 g/mol. The van der Waals surface area contributed by atoms with E-state index in [1.54, 1.807) is 0 Å². The molecule has 0 bridgehead atoms. The van der Waals surface area contributed by atoms with Gasteiger partial charge in [-0.05, 0) is 28.1 Å². The molecule has 12 nitrogen and oxygen atoms in total. The summed E-state index contributed by atoms with van der Waals surface area (Å²) in [4.78, 5) is 59.1. The van der Waals surface area contributed by atoms with E-state index in [2.05, 4.69) is 21.2 Å². The first-order chi connectivity index (χ1) is 15.0. The lowest BCUT2D eigenvalue weighted by Crippen LogP contribution is -2.66. The largest absolute Gasteiger partial charge is 0.463 e. The van der Waals surface area contributed by atoms with Crippen molar-refractivity contribution in [2.24, 2.45) is 0 Å². The Hall–Kier alpha value is -2.93. The molecule has 1 saturated heterocycles. The van der Waals surface area contributed by atoms with Crippen LogP contribution in [0, 0.1) is 0 Å². The second-order valence-electron chi connectivity index (χ2n) is 6.73. The molecule has 0 spiro atoms. The van der Waals surface area contributed by atoms with Crippen LogP contribution < -0.4 is 5.32 Å². The number of rotatable bonds is 7. The van der Waals surface area contributed by atoms with Gasteiger partial charge in [-0.1, -0.05) is 0 Å². The zero-order valence-electron chi connectivity index (χ0n) is 17.6. The Balaban J connectivity index is 2.42. The van der Waals surface area contributed by atoms with E-state index in [0.29, 0.717) is 0 Å². The third-order valence-electron chi connectivity index (χ3n) is 4.07. The highest BCUT2D eigenvalue weighted by molar-refractivity contribution is 9.10. The standard InChI is InChI=1S/C19H22BrNO11/c1-8(22)21-15-17(29-11(4)25)16(28-10(3)24)13(7-27-9(2)23)31-19(15)32-18(26)12-5-6-14(20)30-12/h5-6,13,15-17,19H,7H2,1-4H3,(H,21,22)/t13-,15+,16-,17+,19+/m1/s1. The maximum absolute atomic E-state index is 12.5. The number of furan rings is 1. The molecule has 1 aromatic heterocycles. The number of ether oxygens (including phenoxy) is 5. The van der Waals surface area contributed by atoms with Crippen LogP contribution in [0.5, 0.6) is 0 Å². The second kappa shape index (κ2) is 11.1. The van der Waals surface area contributed by atoms with Crippen LogP contribution in [0.3, 0.4) is 0 Å². The molecule has 0 aliphatic carbocycles. The van der Waals surface area contributed by atoms with Crippen molar-refractivity contribution in [2.75, 3.05) is 6.61 Å². The summed E-state index contributed by atoms with van der Waals surface area (Å²) in [7, 11) is 0. The van der Waals surface area contributed by atoms with Gasteiger partial charge < -0.3 is 33.4 Å². The lowest BCUT2D eigenvalue weighted by molar-refractivity contribution is -0.264. The van der Waals surface area contributed by atoms with E-state index in [1.807, 2.05) is 0 Å². The average Bonchev–Trinajstić information content (AvgIpc) is 3.10. The van der Waals surface area contributed by atoms with Crippen LogP contribution in [0.25, 0.3) is 0 Å². The zero-order valence-corrected chi connectivity index (χ0v) is 19.2. The number of halogens is 1. The highest BCUT2D eigenvalue weighted by Gasteiger charge is 2.52. The number of esters is 4. The highest BCUT2D eigenvalue weighted by atomic mass is 79.9. The van der Waals surface area contributed by atoms with Gasteiger partial charge in [0.2, 0.25) is 18.0 Å². The van der Waals surface area contributed by atoms with Crippen molar-refractivity contribution in [3.05, 3.63) is 22.6 Å². The normalized spacial score (nSPS) is 24.7. The van der Waals surface area contributed by atoms with Crippen molar-refractivity contribution >= 4 is 45.7 Å². The molecule has 2 rings (SSSR count). The summed E-state index contributed by atoms with van der Waals surface area (Å²) in [6.45, 7) is 4.13. The van der Waals surface area contributed by atoms with Crippen LogP contribution in [-0.2, 0) is 42.9 Å². The van der Waals surface area contributed by atoms with E-state index in [1.165, 1.54) is 19.1 Å². The molecule has 32 heavy (non-hydrogen) atoms. The molecule has 1 amide bonds. The van der Waals surface area contributed by atoms with E-state index in [0.717, 1.165) is 20.8 Å². The van der Waals surface area contributed by atoms with E-state index in [-0.39, 0.29) is 10.4 Å². The number of amides is 1. The predicted octanol–water partition coefficient (Wildman–Crippen LogP) is 0.855. The molecule has 1 fully saturated rings. The monoisotopic (exact) mass is 519 g/mol. The first-order valence-electron chi connectivity index (χ1n) is 9.34. The van der Waals surface area contributed by atoms with E-state index < -0.39 is 67.0 Å². The molecule has 0 aromatic carbocycles. The lowest BCUT2D eigenvalue weighted by atomic mass is 9.96. The Bertz CT molecular complexity index is 882. The van der Waals surface area contributed by atoms with Gasteiger partial charge in [-0.3, -0.25) is 19.2 Å². The quantitative estimate of drug-likeness (QED) is 0.402. The minimum atomic E-state index is -1.52. The fourth-order valence-corrected chi connectivity index (χ4v) is 3.29. The summed E-state index contributed by atoms with van der Waals surface area (Å²) in [6.07, 6.45) is -5.35. The number of nitrogens with one attached hydrogen (secondary N) is 1. The maximum atomic E-state index is 12.5. The van der Waals surface area contributed by atoms with Crippen molar-refractivity contribution in [1.82, 2.24) is 5.32 Å². The van der Waals surface area contributed by atoms with E-state index in [4.69, 9.17) is 28.1 Å². The van der Waals surface area contributed by atoms with Gasteiger partial charge in [0.05, 0.1) is 0 Å². The van der Waals surface area contributed by atoms with Crippen LogP contribution in [0.1, 0.15) is 38.2 Å². The third kappa shape index (κ3) is 7.05. The summed E-state index contributed by atoms with van der Waals surface area (Å²) in [6, 6.07) is 1.53. The van der Waals surface area contributed by atoms with Crippen molar-refractivity contribution in [2.45, 2.75) is 58.3 Å². The third-order valence-corrected chi connectivity index (χ3v) is 4.49. The Kier molecular flexibility index (Phi) is 8.78. The van der Waals surface area contributed by atoms with E-state index >= 15 is 0 Å². The second-order valence-corrected chi connectivity index (χ2v) is 7.51. The zero-order chi connectivity index (χ0) is 24.0. The van der Waals surface area contributed by atoms with Crippen molar-refractivity contribution in [1.29, 1.82) is 0 Å². The molecule has 5 atom stereocenters. The van der Waals surface area contributed by atoms with Crippen molar-refractivity contribution in [3.8, 4) is 0 Å². The van der Waals surface area contributed by atoms with Gasteiger partial charge in [0.15, 0.2) is 16.9 Å². The highest BCUT2D eigenvalue weighted by Crippen LogP contribution is 2.29. The van der Waals surface area contributed by atoms with Gasteiger partial charge in [-0.15, -0.1) is 0 Å². The Labute approximate surface area is 190 Å². The molecule has 1 aliphatic heterocycles. The van der Waals surface area contributed by atoms with Crippen LogP contribution in [0.4, 0.5) is 0 Å². The van der Waals surface area contributed by atoms with Gasteiger partial charge >= 0.3 is 23.9 Å². The summed E-state index contributed by atoms with van der Waals surface area (Å²) >= 11 is 3.06. The minimum absolute atomic E-state index is 0.176. The SMILES string of the molecule is CC(=O)N[C@@H]1[C@H](OC(=O)c2ccc(Br)o2)O[C@H](COC(C)=O)[C@@H](OC(C)=O)[C@H]1OC(C)=O. The first-order valence-corrected chi connectivity index (χ1v) is 10.1. The molecule has 0 radical (unpaired) electrons. The lowest BCUT2D eigenvalue weighted by Gasteiger charge is -2.44. The van der Waals surface area contributed by atoms with Crippen molar-refractivity contribution < 1.29 is 52.1 Å². The molecule has 2 heterocycles. The van der Waals surface area contributed by atoms with Crippen LogP contribution >= 0.6 is 15.9 Å². The molecular formula is C19H22BrNO11.